The van der Waals surface area contributed by atoms with E-state index in [1.165, 1.54) is 12.0 Å². The van der Waals surface area contributed by atoms with E-state index in [0.717, 1.165) is 4.90 Å². The highest BCUT2D eigenvalue weighted by atomic mass is 16.5. The van der Waals surface area contributed by atoms with E-state index in [-0.39, 0.29) is 18.5 Å². The molecule has 0 aromatic carbocycles. The fraction of sp³-hybridized carbons (Fsp3) is 0.667. The molecule has 1 fully saturated rings. The number of carbonyl (C=O) groups is 1. The van der Waals surface area contributed by atoms with Crippen LogP contribution in [0, 0.1) is 0 Å². The number of urea groups is 1. The van der Waals surface area contributed by atoms with Crippen LogP contribution in [0.2, 0.25) is 0 Å². The molecule has 8 heteroatoms. The zero-order valence-electron chi connectivity index (χ0n) is 12.0. The van der Waals surface area contributed by atoms with E-state index in [1.807, 2.05) is 0 Å². The molecule has 2 rings (SSSR count). The van der Waals surface area contributed by atoms with Gasteiger partial charge in [0.1, 0.15) is 11.7 Å². The Labute approximate surface area is 117 Å². The van der Waals surface area contributed by atoms with Gasteiger partial charge in [0.25, 0.3) is 0 Å². The molecular weight excluding hydrogens is 264 g/mol. The normalized spacial score (nSPS) is 23.8. The number of aromatic nitrogens is 1. The number of aliphatic hydroxyl groups is 1. The van der Waals surface area contributed by atoms with Crippen molar-refractivity contribution in [1.82, 2.24) is 10.1 Å². The molecule has 0 saturated carbocycles. The van der Waals surface area contributed by atoms with Gasteiger partial charge < -0.3 is 25.0 Å². The summed E-state index contributed by atoms with van der Waals surface area (Å²) in [5, 5.41) is 14.1. The molecule has 2 amide bonds. The Balaban J connectivity index is 2.28. The molecule has 1 saturated heterocycles. The van der Waals surface area contributed by atoms with Gasteiger partial charge in [-0.05, 0) is 13.8 Å². The van der Waals surface area contributed by atoms with E-state index in [1.54, 1.807) is 27.0 Å². The summed E-state index contributed by atoms with van der Waals surface area (Å²) in [4.78, 5) is 14.7. The molecule has 3 N–H and O–H groups in total. The van der Waals surface area contributed by atoms with Crippen LogP contribution >= 0.6 is 0 Å². The summed E-state index contributed by atoms with van der Waals surface area (Å²) >= 11 is 0. The van der Waals surface area contributed by atoms with Gasteiger partial charge in [0, 0.05) is 20.2 Å². The largest absolute Gasteiger partial charge is 0.382 e. The van der Waals surface area contributed by atoms with Gasteiger partial charge in [0.2, 0.25) is 5.88 Å². The second-order valence-electron chi connectivity index (χ2n) is 5.47. The van der Waals surface area contributed by atoms with Crippen LogP contribution in [0.4, 0.5) is 10.7 Å². The molecule has 0 aliphatic carbocycles. The van der Waals surface area contributed by atoms with Crippen molar-refractivity contribution >= 4 is 11.9 Å². The van der Waals surface area contributed by atoms with Crippen LogP contribution in [0.25, 0.3) is 0 Å². The Bertz CT molecular complexity index is 496. The molecule has 0 bridgehead atoms. The van der Waals surface area contributed by atoms with E-state index in [2.05, 4.69) is 5.16 Å². The summed E-state index contributed by atoms with van der Waals surface area (Å²) < 4.78 is 10.2. The molecule has 1 aliphatic heterocycles. The average molecular weight is 284 g/mol. The van der Waals surface area contributed by atoms with Crippen molar-refractivity contribution < 1.29 is 19.2 Å². The number of aliphatic hydroxyl groups excluding tert-OH is 1. The number of anilines is 1. The lowest BCUT2D eigenvalue weighted by Gasteiger charge is -2.19. The van der Waals surface area contributed by atoms with Gasteiger partial charge in [-0.2, -0.15) is 0 Å². The minimum atomic E-state index is -1.06. The second kappa shape index (κ2) is 5.04. The average Bonchev–Trinajstić information content (AvgIpc) is 2.90. The molecule has 1 aromatic heterocycles. The minimum absolute atomic E-state index is 0.168. The van der Waals surface area contributed by atoms with E-state index in [9.17, 15) is 9.90 Å². The van der Waals surface area contributed by atoms with Crippen LogP contribution in [0.15, 0.2) is 10.6 Å². The molecule has 1 aliphatic rings. The number of amides is 2. The summed E-state index contributed by atoms with van der Waals surface area (Å²) in [5.74, 6) is 0.168. The highest BCUT2D eigenvalue weighted by Gasteiger charge is 2.45. The highest BCUT2D eigenvalue weighted by molar-refractivity contribution is 5.93. The van der Waals surface area contributed by atoms with E-state index < -0.39 is 17.8 Å². The third kappa shape index (κ3) is 2.37. The monoisotopic (exact) mass is 284 g/mol. The lowest BCUT2D eigenvalue weighted by Crippen LogP contribution is -2.39. The number of nitrogens with two attached hydrogens (primary N) is 1. The zero-order chi connectivity index (χ0) is 15.1. The fourth-order valence-corrected chi connectivity index (χ4v) is 2.07. The van der Waals surface area contributed by atoms with Gasteiger partial charge in [-0.3, -0.25) is 0 Å². The first-order valence-corrected chi connectivity index (χ1v) is 6.26. The third-order valence-electron chi connectivity index (χ3n) is 3.35. The highest BCUT2D eigenvalue weighted by Crippen LogP contribution is 2.29. The van der Waals surface area contributed by atoms with Gasteiger partial charge in [0.15, 0.2) is 6.23 Å². The Morgan fingerprint density at radius 1 is 1.60 bits per heavy atom. The molecule has 20 heavy (non-hydrogen) atoms. The lowest BCUT2D eigenvalue weighted by molar-refractivity contribution is 0.0622. The predicted molar refractivity (Wildman–Crippen MR) is 71.0 cm³/mol. The molecule has 8 nitrogen and oxygen atoms in total. The Morgan fingerprint density at radius 2 is 2.25 bits per heavy atom. The molecule has 2 heterocycles. The van der Waals surface area contributed by atoms with E-state index in [0.29, 0.717) is 5.69 Å². The summed E-state index contributed by atoms with van der Waals surface area (Å²) in [6, 6.07) is 0.716. The maximum atomic E-state index is 12.2. The second-order valence-corrected chi connectivity index (χ2v) is 5.47. The predicted octanol–water partition coefficient (Wildman–Crippen LogP) is 0.0736. The van der Waals surface area contributed by atoms with Crippen molar-refractivity contribution in [3.63, 3.8) is 0 Å². The van der Waals surface area contributed by atoms with Crippen LogP contribution in [0.1, 0.15) is 19.5 Å². The first kappa shape index (κ1) is 14.8. The molecule has 0 radical (unpaired) electrons. The van der Waals surface area contributed by atoms with Crippen molar-refractivity contribution in [3.05, 3.63) is 11.8 Å². The van der Waals surface area contributed by atoms with E-state index >= 15 is 0 Å². The molecule has 112 valence electrons. The number of likely N-dealkylation sites (N-methyl/N-ethyl adjacent to an activating group) is 1. The number of ether oxygens (including phenoxy) is 1. The SMILES string of the molecule is COCC1C(O)N(c2cc(C(C)(C)N)no2)C(=O)N1C. The van der Waals surface area contributed by atoms with Crippen LogP contribution in [-0.2, 0) is 10.3 Å². The molecule has 1 aromatic rings. The Kier molecular flexibility index (Phi) is 3.72. The van der Waals surface area contributed by atoms with Crippen LogP contribution in [-0.4, -0.2) is 54.2 Å². The van der Waals surface area contributed by atoms with Crippen molar-refractivity contribution in [2.45, 2.75) is 31.7 Å². The minimum Gasteiger partial charge on any atom is -0.382 e. The van der Waals surface area contributed by atoms with Crippen LogP contribution < -0.4 is 10.6 Å². The standard InChI is InChI=1S/C12H20N4O4/c1-12(2,13)8-5-9(20-14-8)16-10(17)7(6-19-4)15(3)11(16)18/h5,7,10,17H,6,13H2,1-4H3. The molecular formula is C12H20N4O4. The van der Waals surface area contributed by atoms with Gasteiger partial charge in [-0.25, -0.2) is 9.69 Å². The lowest BCUT2D eigenvalue weighted by atomic mass is 10.0. The number of hydrogen-bond acceptors (Lipinski definition) is 6. The summed E-state index contributed by atoms with van der Waals surface area (Å²) in [5.41, 5.74) is 5.74. The zero-order valence-corrected chi connectivity index (χ0v) is 12.0. The van der Waals surface area contributed by atoms with Crippen molar-refractivity contribution in [1.29, 1.82) is 0 Å². The van der Waals surface area contributed by atoms with Crippen molar-refractivity contribution in [2.24, 2.45) is 5.73 Å². The van der Waals surface area contributed by atoms with Gasteiger partial charge in [0.05, 0.1) is 12.1 Å². The smallest absolute Gasteiger partial charge is 0.329 e. The van der Waals surface area contributed by atoms with Gasteiger partial charge in [-0.15, -0.1) is 0 Å². The number of nitrogens with zero attached hydrogens (tertiary/aromatic N) is 3. The molecule has 0 spiro atoms. The van der Waals surface area contributed by atoms with Gasteiger partial charge in [-0.1, -0.05) is 5.16 Å². The third-order valence-corrected chi connectivity index (χ3v) is 3.35. The summed E-state index contributed by atoms with van der Waals surface area (Å²) in [6.07, 6.45) is -1.06. The van der Waals surface area contributed by atoms with Crippen LogP contribution in [0.3, 0.4) is 0 Å². The Morgan fingerprint density at radius 3 is 2.75 bits per heavy atom. The maximum Gasteiger partial charge on any atom is 0.329 e. The molecule has 2 atom stereocenters. The van der Waals surface area contributed by atoms with Crippen LogP contribution in [0.5, 0.6) is 0 Å². The van der Waals surface area contributed by atoms with Crippen molar-refractivity contribution in [2.75, 3.05) is 25.7 Å². The Hall–Kier alpha value is -1.64. The number of rotatable bonds is 4. The summed E-state index contributed by atoms with van der Waals surface area (Å²) in [7, 11) is 3.11. The summed E-state index contributed by atoms with van der Waals surface area (Å²) in [6.45, 7) is 3.77. The van der Waals surface area contributed by atoms with Gasteiger partial charge >= 0.3 is 6.03 Å². The first-order chi connectivity index (χ1) is 9.27. The fourth-order valence-electron chi connectivity index (χ4n) is 2.07. The number of carbonyl (C=O) groups excluding carboxylic acids is 1. The molecule has 2 unspecified atom stereocenters. The number of hydrogen-bond donors (Lipinski definition) is 2. The van der Waals surface area contributed by atoms with Crippen molar-refractivity contribution in [3.8, 4) is 0 Å². The first-order valence-electron chi connectivity index (χ1n) is 6.26. The maximum absolute atomic E-state index is 12.2. The topological polar surface area (TPSA) is 105 Å². The number of methoxy groups -OCH3 is 1. The van der Waals surface area contributed by atoms with E-state index in [4.69, 9.17) is 15.0 Å². The quantitative estimate of drug-likeness (QED) is 0.811.